The fourth-order valence-corrected chi connectivity index (χ4v) is 0.719. The first kappa shape index (κ1) is 13.3. The highest BCUT2D eigenvalue weighted by molar-refractivity contribution is 5.85. The van der Waals surface area contributed by atoms with Crippen molar-refractivity contribution in [3.8, 4) is 0 Å². The van der Waals surface area contributed by atoms with Crippen molar-refractivity contribution in [3.05, 3.63) is 24.4 Å². The van der Waals surface area contributed by atoms with Crippen LogP contribution in [0.4, 0.5) is 8.78 Å². The minimum absolute atomic E-state index is 0. The Morgan fingerprint density at radius 1 is 1.00 bits per heavy atom. The van der Waals surface area contributed by atoms with Crippen molar-refractivity contribution >= 4 is 18.6 Å². The molecule has 4 heteroatoms. The van der Waals surface area contributed by atoms with Crippen LogP contribution in [0.2, 0.25) is 0 Å². The molecule has 0 aromatic heterocycles. The van der Waals surface area contributed by atoms with Crippen LogP contribution in [0.5, 0.6) is 0 Å². The molecule has 0 N–H and O–H groups in total. The molecule has 0 radical (unpaired) electrons. The summed E-state index contributed by atoms with van der Waals surface area (Å²) >= 11 is 0. The summed E-state index contributed by atoms with van der Waals surface area (Å²) in [5, 5.41) is 0. The van der Waals surface area contributed by atoms with E-state index >= 15 is 0 Å². The predicted molar refractivity (Wildman–Crippen MR) is 57.4 cm³/mol. The van der Waals surface area contributed by atoms with Crippen molar-refractivity contribution in [1.82, 2.24) is 0 Å². The second kappa shape index (κ2) is 6.71. The third-order valence-electron chi connectivity index (χ3n) is 1.85. The van der Waals surface area contributed by atoms with E-state index in [4.69, 9.17) is 0 Å². The van der Waals surface area contributed by atoms with Crippen molar-refractivity contribution in [1.29, 1.82) is 0 Å². The van der Waals surface area contributed by atoms with E-state index in [1.807, 2.05) is 0 Å². The molecule has 14 heavy (non-hydrogen) atoms. The molecule has 1 heterocycles. The largest absolute Gasteiger partial charge is 0.301 e. The van der Waals surface area contributed by atoms with Crippen molar-refractivity contribution in [2.75, 3.05) is 0 Å². The maximum Gasteiger partial charge on any atom is 0.301 e. The molecular formula is C10H14ClF2N. The Hall–Kier alpha value is -0.700. The van der Waals surface area contributed by atoms with Gasteiger partial charge in [-0.25, -0.2) is 0 Å². The zero-order chi connectivity index (χ0) is 9.57. The van der Waals surface area contributed by atoms with Gasteiger partial charge in [0.25, 0.3) is 0 Å². The van der Waals surface area contributed by atoms with Gasteiger partial charge in [-0.15, -0.1) is 12.4 Å². The lowest BCUT2D eigenvalue weighted by Crippen LogP contribution is -2.12. The summed E-state index contributed by atoms with van der Waals surface area (Å²) in [5.74, 6) is -2.87. The third-order valence-corrected chi connectivity index (χ3v) is 1.85. The van der Waals surface area contributed by atoms with Crippen LogP contribution in [0.3, 0.4) is 0 Å². The maximum atomic E-state index is 12.2. The van der Waals surface area contributed by atoms with Gasteiger partial charge in [-0.1, -0.05) is 31.8 Å². The number of nitrogens with zero attached hydrogens (tertiary/aromatic N) is 1. The van der Waals surface area contributed by atoms with E-state index < -0.39 is 5.92 Å². The van der Waals surface area contributed by atoms with Gasteiger partial charge in [-0.3, -0.25) is 4.99 Å². The first-order valence-electron chi connectivity index (χ1n) is 4.47. The summed E-state index contributed by atoms with van der Waals surface area (Å²) in [6.07, 6.45) is 11.4. The molecule has 0 saturated heterocycles. The van der Waals surface area contributed by atoms with Gasteiger partial charge >= 0.3 is 5.92 Å². The number of aliphatic imine (C=N–C) groups is 1. The van der Waals surface area contributed by atoms with E-state index in [0.29, 0.717) is 6.21 Å². The topological polar surface area (TPSA) is 12.4 Å². The quantitative estimate of drug-likeness (QED) is 0.591. The van der Waals surface area contributed by atoms with Gasteiger partial charge in [0.15, 0.2) is 0 Å². The second-order valence-electron chi connectivity index (χ2n) is 3.07. The normalized spacial score (nSPS) is 21.0. The Bertz CT molecular complexity index is 208. The Morgan fingerprint density at radius 2 is 1.57 bits per heavy atom. The van der Waals surface area contributed by atoms with Gasteiger partial charge in [0.2, 0.25) is 0 Å². The molecule has 0 aromatic rings. The molecule has 2 rings (SSSR count). The zero-order valence-corrected chi connectivity index (χ0v) is 8.64. The van der Waals surface area contributed by atoms with Crippen LogP contribution in [-0.2, 0) is 0 Å². The number of rotatable bonds is 0. The van der Waals surface area contributed by atoms with Crippen LogP contribution >= 0.6 is 12.4 Å². The highest BCUT2D eigenvalue weighted by Crippen LogP contribution is 2.15. The lowest BCUT2D eigenvalue weighted by Gasteiger charge is -2.05. The lowest BCUT2D eigenvalue weighted by atomic mass is 10.0. The van der Waals surface area contributed by atoms with E-state index in [-0.39, 0.29) is 12.4 Å². The monoisotopic (exact) mass is 221 g/mol. The van der Waals surface area contributed by atoms with E-state index in [1.165, 1.54) is 44.0 Å². The first-order valence-corrected chi connectivity index (χ1v) is 4.47. The number of halogens is 3. The van der Waals surface area contributed by atoms with Crippen molar-refractivity contribution in [2.24, 2.45) is 4.99 Å². The minimum atomic E-state index is -2.87. The number of alkyl halides is 2. The molecule has 0 unspecified atom stereocenters. The van der Waals surface area contributed by atoms with E-state index in [2.05, 4.69) is 4.99 Å². The van der Waals surface area contributed by atoms with Gasteiger partial charge in [-0.2, -0.15) is 8.78 Å². The van der Waals surface area contributed by atoms with Gasteiger partial charge in [0, 0.05) is 6.20 Å². The standard InChI is InChI=1S/C6H5F2N.C4H8.ClH/c7-6(8)3-1-2-4-9-5-6;1-2-4-3-1;/h1-5H;1-4H2;1H. The summed E-state index contributed by atoms with van der Waals surface area (Å²) in [6.45, 7) is 0. The van der Waals surface area contributed by atoms with Crippen LogP contribution in [0.25, 0.3) is 0 Å². The lowest BCUT2D eigenvalue weighted by molar-refractivity contribution is 0.140. The highest BCUT2D eigenvalue weighted by atomic mass is 35.5. The molecule has 0 amide bonds. The van der Waals surface area contributed by atoms with Gasteiger partial charge < -0.3 is 0 Å². The molecule has 0 spiro atoms. The molecule has 2 aliphatic rings. The molecule has 1 aliphatic carbocycles. The summed E-state index contributed by atoms with van der Waals surface area (Å²) in [4.78, 5) is 3.31. The van der Waals surface area contributed by atoms with Crippen LogP contribution in [-0.4, -0.2) is 12.1 Å². The fraction of sp³-hybridized carbons (Fsp3) is 0.500. The Labute approximate surface area is 89.0 Å². The predicted octanol–water partition coefficient (Wildman–Crippen LogP) is 3.76. The molecular weight excluding hydrogens is 208 g/mol. The van der Waals surface area contributed by atoms with E-state index in [0.717, 1.165) is 6.08 Å². The molecule has 0 bridgehead atoms. The molecule has 80 valence electrons. The molecule has 1 saturated carbocycles. The summed E-state index contributed by atoms with van der Waals surface area (Å²) in [5.41, 5.74) is 0. The minimum Gasteiger partial charge on any atom is -0.262 e. The summed E-state index contributed by atoms with van der Waals surface area (Å²) in [7, 11) is 0. The molecule has 1 aliphatic heterocycles. The van der Waals surface area contributed by atoms with Crippen LogP contribution in [0, 0.1) is 0 Å². The molecule has 1 nitrogen and oxygen atoms in total. The smallest absolute Gasteiger partial charge is 0.262 e. The van der Waals surface area contributed by atoms with Crippen molar-refractivity contribution in [3.63, 3.8) is 0 Å². The van der Waals surface area contributed by atoms with Crippen LogP contribution in [0.15, 0.2) is 29.4 Å². The third kappa shape index (κ3) is 5.86. The number of hydrogen-bond donors (Lipinski definition) is 0. The Balaban J connectivity index is 0.000000286. The SMILES string of the molecule is C1CCC1.Cl.FC1(F)C=CC=CN=C1. The Morgan fingerprint density at radius 3 is 2.07 bits per heavy atom. The van der Waals surface area contributed by atoms with Crippen molar-refractivity contribution < 1.29 is 8.78 Å². The van der Waals surface area contributed by atoms with E-state index in [9.17, 15) is 8.78 Å². The van der Waals surface area contributed by atoms with E-state index in [1.54, 1.807) is 0 Å². The molecule has 0 atom stereocenters. The Kier molecular flexibility index (Phi) is 6.37. The van der Waals surface area contributed by atoms with Gasteiger partial charge in [0.1, 0.15) is 0 Å². The second-order valence-corrected chi connectivity index (χ2v) is 3.07. The maximum absolute atomic E-state index is 12.2. The average Bonchev–Trinajstić information content (AvgIpc) is 2.08. The van der Waals surface area contributed by atoms with Gasteiger partial charge in [-0.05, 0) is 12.2 Å². The number of allylic oxidation sites excluding steroid dienone is 3. The highest BCUT2D eigenvalue weighted by Gasteiger charge is 2.21. The zero-order valence-electron chi connectivity index (χ0n) is 7.83. The first-order chi connectivity index (χ1) is 6.21. The summed E-state index contributed by atoms with van der Waals surface area (Å²) in [6, 6.07) is 0. The van der Waals surface area contributed by atoms with Crippen LogP contribution in [0.1, 0.15) is 25.7 Å². The molecule has 1 fully saturated rings. The fourth-order valence-electron chi connectivity index (χ4n) is 0.719. The van der Waals surface area contributed by atoms with Crippen LogP contribution < -0.4 is 0 Å². The average molecular weight is 222 g/mol. The van der Waals surface area contributed by atoms with Crippen molar-refractivity contribution in [2.45, 2.75) is 31.6 Å². The van der Waals surface area contributed by atoms with Gasteiger partial charge in [0.05, 0.1) is 6.21 Å². The molecule has 0 aromatic carbocycles. The summed E-state index contributed by atoms with van der Waals surface area (Å²) < 4.78 is 24.4. The number of hydrogen-bond acceptors (Lipinski definition) is 1.